The Bertz CT molecular complexity index is 400. The zero-order valence-electron chi connectivity index (χ0n) is 10.5. The second-order valence-corrected chi connectivity index (χ2v) is 5.20. The zero-order chi connectivity index (χ0) is 13.0. The van der Waals surface area contributed by atoms with Crippen molar-refractivity contribution in [1.82, 2.24) is 5.32 Å². The van der Waals surface area contributed by atoms with Gasteiger partial charge in [0.15, 0.2) is 0 Å². The molecular formula is C14H21NO3. The Morgan fingerprint density at radius 1 is 1.11 bits per heavy atom. The summed E-state index contributed by atoms with van der Waals surface area (Å²) in [7, 11) is 0. The topological polar surface area (TPSA) is 72.7 Å². The highest BCUT2D eigenvalue weighted by Crippen LogP contribution is 2.27. The third-order valence-corrected chi connectivity index (χ3v) is 3.62. The highest BCUT2D eigenvalue weighted by Gasteiger charge is 2.28. The first-order valence-electron chi connectivity index (χ1n) is 6.53. The summed E-state index contributed by atoms with van der Waals surface area (Å²) in [5.74, 6) is 0.139. The number of benzene rings is 1. The van der Waals surface area contributed by atoms with Crippen LogP contribution in [0, 0.1) is 0 Å². The quantitative estimate of drug-likeness (QED) is 0.659. The van der Waals surface area contributed by atoms with Crippen LogP contribution in [0.1, 0.15) is 37.7 Å². The highest BCUT2D eigenvalue weighted by molar-refractivity contribution is 5.38. The van der Waals surface area contributed by atoms with E-state index >= 15 is 0 Å². The molecule has 0 unspecified atom stereocenters. The average Bonchev–Trinajstić information content (AvgIpc) is 2.33. The summed E-state index contributed by atoms with van der Waals surface area (Å²) >= 11 is 0. The number of hydrogen-bond donors (Lipinski definition) is 4. The van der Waals surface area contributed by atoms with Gasteiger partial charge >= 0.3 is 0 Å². The molecule has 4 N–H and O–H groups in total. The molecule has 0 aliphatic heterocycles. The third-order valence-electron chi connectivity index (χ3n) is 3.62. The molecule has 18 heavy (non-hydrogen) atoms. The Morgan fingerprint density at radius 3 is 2.50 bits per heavy atom. The van der Waals surface area contributed by atoms with Crippen molar-refractivity contribution in [1.29, 1.82) is 0 Å². The molecular weight excluding hydrogens is 230 g/mol. The van der Waals surface area contributed by atoms with E-state index in [4.69, 9.17) is 0 Å². The second-order valence-electron chi connectivity index (χ2n) is 5.20. The molecule has 0 atom stereocenters. The molecule has 1 saturated carbocycles. The number of aromatic hydroxyl groups is 2. The standard InChI is InChI=1S/C14H21NO3/c16-12-5-4-11(13(17)8-12)9-15-10-14(18)6-2-1-3-7-14/h4-5,8,15-18H,1-3,6-7,9-10H2. The molecule has 1 aliphatic rings. The fraction of sp³-hybridized carbons (Fsp3) is 0.571. The van der Waals surface area contributed by atoms with Crippen LogP contribution in [0.25, 0.3) is 0 Å². The molecule has 1 aromatic carbocycles. The molecule has 100 valence electrons. The van der Waals surface area contributed by atoms with Crippen LogP contribution in [-0.4, -0.2) is 27.5 Å². The fourth-order valence-corrected chi connectivity index (χ4v) is 2.52. The highest BCUT2D eigenvalue weighted by atomic mass is 16.3. The molecule has 0 spiro atoms. The minimum Gasteiger partial charge on any atom is -0.508 e. The van der Waals surface area contributed by atoms with Crippen molar-refractivity contribution in [2.45, 2.75) is 44.2 Å². The monoisotopic (exact) mass is 251 g/mol. The summed E-state index contributed by atoms with van der Waals surface area (Å²) in [5, 5.41) is 32.3. The largest absolute Gasteiger partial charge is 0.508 e. The van der Waals surface area contributed by atoms with Crippen molar-refractivity contribution in [3.05, 3.63) is 23.8 Å². The summed E-state index contributed by atoms with van der Waals surface area (Å²) in [4.78, 5) is 0. The molecule has 2 rings (SSSR count). The van der Waals surface area contributed by atoms with Gasteiger partial charge in [0.1, 0.15) is 11.5 Å². The van der Waals surface area contributed by atoms with Crippen LogP contribution in [0.5, 0.6) is 11.5 Å². The predicted octanol–water partition coefficient (Wildman–Crippen LogP) is 1.88. The Labute approximate surface area is 107 Å². The SMILES string of the molecule is Oc1ccc(CNCC2(O)CCCCC2)c(O)c1. The van der Waals surface area contributed by atoms with E-state index in [0.29, 0.717) is 13.1 Å². The maximum Gasteiger partial charge on any atom is 0.123 e. The van der Waals surface area contributed by atoms with Gasteiger partial charge in [-0.3, -0.25) is 0 Å². The van der Waals surface area contributed by atoms with Crippen molar-refractivity contribution in [2.75, 3.05) is 6.54 Å². The lowest BCUT2D eigenvalue weighted by Crippen LogP contribution is -2.41. The summed E-state index contributed by atoms with van der Waals surface area (Å²) in [6.07, 6.45) is 5.08. The predicted molar refractivity (Wildman–Crippen MR) is 69.5 cm³/mol. The number of hydrogen-bond acceptors (Lipinski definition) is 4. The van der Waals surface area contributed by atoms with Crippen LogP contribution in [0.2, 0.25) is 0 Å². The molecule has 0 bridgehead atoms. The lowest BCUT2D eigenvalue weighted by molar-refractivity contribution is 0.00463. The van der Waals surface area contributed by atoms with E-state index in [1.807, 2.05) is 0 Å². The van der Waals surface area contributed by atoms with Gasteiger partial charge in [-0.2, -0.15) is 0 Å². The van der Waals surface area contributed by atoms with Crippen molar-refractivity contribution in [2.24, 2.45) is 0 Å². The van der Waals surface area contributed by atoms with Crippen LogP contribution in [-0.2, 0) is 6.54 Å². The molecule has 0 radical (unpaired) electrons. The van der Waals surface area contributed by atoms with Gasteiger partial charge in [-0.15, -0.1) is 0 Å². The van der Waals surface area contributed by atoms with E-state index in [1.54, 1.807) is 12.1 Å². The van der Waals surface area contributed by atoms with E-state index in [-0.39, 0.29) is 11.5 Å². The first kappa shape index (κ1) is 13.2. The molecule has 0 amide bonds. The van der Waals surface area contributed by atoms with Crippen LogP contribution < -0.4 is 5.32 Å². The number of rotatable bonds is 4. The molecule has 0 heterocycles. The molecule has 4 nitrogen and oxygen atoms in total. The normalized spacial score (nSPS) is 18.7. The number of aliphatic hydroxyl groups is 1. The van der Waals surface area contributed by atoms with E-state index in [2.05, 4.69) is 5.32 Å². The molecule has 1 fully saturated rings. The molecule has 4 heteroatoms. The minimum absolute atomic E-state index is 0.0576. The van der Waals surface area contributed by atoms with Gasteiger partial charge in [-0.1, -0.05) is 25.3 Å². The van der Waals surface area contributed by atoms with Gasteiger partial charge in [-0.25, -0.2) is 0 Å². The maximum atomic E-state index is 10.3. The lowest BCUT2D eigenvalue weighted by Gasteiger charge is -2.32. The van der Waals surface area contributed by atoms with E-state index in [0.717, 1.165) is 31.2 Å². The lowest BCUT2D eigenvalue weighted by atomic mass is 9.85. The molecule has 1 aliphatic carbocycles. The number of nitrogens with one attached hydrogen (secondary N) is 1. The molecule has 1 aromatic rings. The number of phenols is 2. The van der Waals surface area contributed by atoms with E-state index < -0.39 is 5.60 Å². The van der Waals surface area contributed by atoms with Crippen LogP contribution in [0.15, 0.2) is 18.2 Å². The summed E-state index contributed by atoms with van der Waals surface area (Å²) in [5.41, 5.74) is 0.136. The third kappa shape index (κ3) is 3.37. The zero-order valence-corrected chi connectivity index (χ0v) is 10.5. The first-order valence-corrected chi connectivity index (χ1v) is 6.53. The van der Waals surface area contributed by atoms with Gasteiger partial charge in [0.2, 0.25) is 0 Å². The van der Waals surface area contributed by atoms with Crippen molar-refractivity contribution < 1.29 is 15.3 Å². The molecule has 0 aromatic heterocycles. The van der Waals surface area contributed by atoms with E-state index in [1.165, 1.54) is 12.5 Å². The van der Waals surface area contributed by atoms with Gasteiger partial charge < -0.3 is 20.6 Å². The van der Waals surface area contributed by atoms with Crippen LogP contribution in [0.3, 0.4) is 0 Å². The van der Waals surface area contributed by atoms with Crippen LogP contribution >= 0.6 is 0 Å². The second kappa shape index (κ2) is 5.59. The smallest absolute Gasteiger partial charge is 0.123 e. The fourth-order valence-electron chi connectivity index (χ4n) is 2.52. The number of phenolic OH excluding ortho intramolecular Hbond substituents is 2. The summed E-state index contributed by atoms with van der Waals surface area (Å²) < 4.78 is 0. The van der Waals surface area contributed by atoms with Gasteiger partial charge in [0, 0.05) is 24.7 Å². The van der Waals surface area contributed by atoms with Gasteiger partial charge in [0.25, 0.3) is 0 Å². The minimum atomic E-state index is -0.592. The maximum absolute atomic E-state index is 10.3. The average molecular weight is 251 g/mol. The van der Waals surface area contributed by atoms with Gasteiger partial charge in [-0.05, 0) is 18.9 Å². The van der Waals surface area contributed by atoms with E-state index in [9.17, 15) is 15.3 Å². The van der Waals surface area contributed by atoms with Crippen molar-refractivity contribution >= 4 is 0 Å². The summed E-state index contributed by atoms with van der Waals surface area (Å²) in [6, 6.07) is 4.56. The Kier molecular flexibility index (Phi) is 4.09. The van der Waals surface area contributed by atoms with Crippen molar-refractivity contribution in [3.63, 3.8) is 0 Å². The van der Waals surface area contributed by atoms with Crippen molar-refractivity contribution in [3.8, 4) is 11.5 Å². The van der Waals surface area contributed by atoms with Gasteiger partial charge in [0.05, 0.1) is 5.60 Å². The molecule has 0 saturated heterocycles. The first-order chi connectivity index (χ1) is 8.59. The summed E-state index contributed by atoms with van der Waals surface area (Å²) in [6.45, 7) is 1.04. The van der Waals surface area contributed by atoms with Crippen LogP contribution in [0.4, 0.5) is 0 Å². The Balaban J connectivity index is 1.84. The Morgan fingerprint density at radius 2 is 1.83 bits per heavy atom. The Hall–Kier alpha value is -1.26.